The molecule has 5 heteroatoms. The Kier molecular flexibility index (Phi) is 3.98. The van der Waals surface area contributed by atoms with Gasteiger partial charge in [-0.1, -0.05) is 12.1 Å². The first-order valence-electron chi connectivity index (χ1n) is 6.08. The van der Waals surface area contributed by atoms with Crippen LogP contribution in [0.4, 0.5) is 4.39 Å². The van der Waals surface area contributed by atoms with E-state index in [1.807, 2.05) is 0 Å². The summed E-state index contributed by atoms with van der Waals surface area (Å²) in [7, 11) is 0. The molecule has 1 aromatic heterocycles. The van der Waals surface area contributed by atoms with Gasteiger partial charge in [0.1, 0.15) is 23.4 Å². The van der Waals surface area contributed by atoms with E-state index in [1.54, 1.807) is 12.1 Å². The van der Waals surface area contributed by atoms with Crippen LogP contribution in [-0.4, -0.2) is 10.9 Å². The molecule has 1 N–H and O–H groups in total. The lowest BCUT2D eigenvalue weighted by Gasteiger charge is -2.04. The third kappa shape index (κ3) is 2.93. The zero-order valence-corrected chi connectivity index (χ0v) is 10.9. The first-order valence-corrected chi connectivity index (χ1v) is 6.08. The lowest BCUT2D eigenvalue weighted by Crippen LogP contribution is -2.17. The van der Waals surface area contributed by atoms with E-state index in [9.17, 15) is 19.1 Å². The molecule has 0 radical (unpaired) electrons. The molecule has 0 amide bonds. The van der Waals surface area contributed by atoms with Crippen molar-refractivity contribution < 1.29 is 18.7 Å². The predicted molar refractivity (Wildman–Crippen MR) is 70.4 cm³/mol. The van der Waals surface area contributed by atoms with Gasteiger partial charge < -0.3 is 9.52 Å². The molecule has 104 valence electrons. The molecular formula is C15H13FO4. The monoisotopic (exact) mass is 276 g/mol. The van der Waals surface area contributed by atoms with Crippen LogP contribution in [0.5, 0.6) is 5.75 Å². The Labute approximate surface area is 114 Å². The minimum absolute atomic E-state index is 0.0840. The first-order chi connectivity index (χ1) is 9.49. The minimum atomic E-state index is -0.724. The maximum atomic E-state index is 12.8. The standard InChI is InChI=1S/C15H13FO4/c1-9-14(15(19)13(18)8-20-9)12(17)7-4-10-2-5-11(16)6-3-10/h2-3,5-6,8,18H,4,7H2,1H3. The first kappa shape index (κ1) is 14.0. The molecule has 0 aliphatic carbocycles. The number of benzene rings is 1. The number of aromatic hydroxyl groups is 1. The van der Waals surface area contributed by atoms with Crippen molar-refractivity contribution in [3.63, 3.8) is 0 Å². The Bertz CT molecular complexity index is 686. The van der Waals surface area contributed by atoms with E-state index in [2.05, 4.69) is 0 Å². The number of hydrogen-bond acceptors (Lipinski definition) is 4. The zero-order chi connectivity index (χ0) is 14.7. The summed E-state index contributed by atoms with van der Waals surface area (Å²) in [6.45, 7) is 1.49. The van der Waals surface area contributed by atoms with Gasteiger partial charge in [0.15, 0.2) is 11.5 Å². The molecule has 0 saturated carbocycles. The second-order valence-corrected chi connectivity index (χ2v) is 4.43. The molecule has 4 nitrogen and oxygen atoms in total. The molecule has 0 bridgehead atoms. The van der Waals surface area contributed by atoms with E-state index in [0.717, 1.165) is 11.8 Å². The number of carbonyl (C=O) groups excluding carboxylic acids is 1. The molecule has 0 aliphatic rings. The van der Waals surface area contributed by atoms with Crippen LogP contribution in [0, 0.1) is 12.7 Å². The molecule has 0 aliphatic heterocycles. The fourth-order valence-electron chi connectivity index (χ4n) is 1.90. The summed E-state index contributed by atoms with van der Waals surface area (Å²) in [4.78, 5) is 23.7. The van der Waals surface area contributed by atoms with Gasteiger partial charge in [0.25, 0.3) is 0 Å². The van der Waals surface area contributed by atoms with Gasteiger partial charge in [0, 0.05) is 6.42 Å². The number of Topliss-reactive ketones (excluding diaryl/α,β-unsaturated/α-hetero) is 1. The van der Waals surface area contributed by atoms with Crippen molar-refractivity contribution in [2.75, 3.05) is 0 Å². The van der Waals surface area contributed by atoms with Crippen molar-refractivity contribution in [3.05, 3.63) is 63.5 Å². The third-order valence-electron chi connectivity index (χ3n) is 2.99. The maximum Gasteiger partial charge on any atom is 0.237 e. The largest absolute Gasteiger partial charge is 0.502 e. The second-order valence-electron chi connectivity index (χ2n) is 4.43. The van der Waals surface area contributed by atoms with Crippen LogP contribution in [0.3, 0.4) is 0 Å². The minimum Gasteiger partial charge on any atom is -0.502 e. The highest BCUT2D eigenvalue weighted by atomic mass is 19.1. The zero-order valence-electron chi connectivity index (χ0n) is 10.9. The summed E-state index contributed by atoms with van der Waals surface area (Å²) < 4.78 is 17.7. The molecule has 2 aromatic rings. The highest BCUT2D eigenvalue weighted by Crippen LogP contribution is 2.13. The van der Waals surface area contributed by atoms with Gasteiger partial charge in [0.2, 0.25) is 5.43 Å². The highest BCUT2D eigenvalue weighted by Gasteiger charge is 2.17. The average Bonchev–Trinajstić information content (AvgIpc) is 2.43. The molecule has 20 heavy (non-hydrogen) atoms. The number of rotatable bonds is 4. The molecule has 1 heterocycles. The Balaban J connectivity index is 2.15. The molecular weight excluding hydrogens is 263 g/mol. The summed E-state index contributed by atoms with van der Waals surface area (Å²) in [5, 5.41) is 9.29. The van der Waals surface area contributed by atoms with Crippen molar-refractivity contribution in [3.8, 4) is 5.75 Å². The topological polar surface area (TPSA) is 67.5 Å². The molecule has 0 fully saturated rings. The lowest BCUT2D eigenvalue weighted by molar-refractivity contribution is 0.0977. The van der Waals surface area contributed by atoms with E-state index in [0.29, 0.717) is 6.42 Å². The van der Waals surface area contributed by atoms with Gasteiger partial charge in [0.05, 0.1) is 0 Å². The van der Waals surface area contributed by atoms with Crippen LogP contribution < -0.4 is 5.43 Å². The fraction of sp³-hybridized carbons (Fsp3) is 0.200. The molecule has 1 aromatic carbocycles. The molecule has 0 atom stereocenters. The SMILES string of the molecule is Cc1occ(O)c(=O)c1C(=O)CCc1ccc(F)cc1. The third-order valence-corrected chi connectivity index (χ3v) is 2.99. The van der Waals surface area contributed by atoms with Crippen molar-refractivity contribution in [1.29, 1.82) is 0 Å². The van der Waals surface area contributed by atoms with Crippen molar-refractivity contribution in [1.82, 2.24) is 0 Å². The second kappa shape index (κ2) is 5.69. The van der Waals surface area contributed by atoms with Crippen LogP contribution in [-0.2, 0) is 6.42 Å². The van der Waals surface area contributed by atoms with Gasteiger partial charge in [-0.2, -0.15) is 0 Å². The number of ketones is 1. The summed E-state index contributed by atoms with van der Waals surface area (Å²) in [6, 6.07) is 5.79. The highest BCUT2D eigenvalue weighted by molar-refractivity contribution is 5.97. The summed E-state index contributed by atoms with van der Waals surface area (Å²) in [6.07, 6.45) is 1.38. The van der Waals surface area contributed by atoms with Gasteiger partial charge in [-0.05, 0) is 31.0 Å². The van der Waals surface area contributed by atoms with E-state index in [-0.39, 0.29) is 23.6 Å². The average molecular weight is 276 g/mol. The Hall–Kier alpha value is -2.43. The van der Waals surface area contributed by atoms with E-state index < -0.39 is 17.0 Å². The summed E-state index contributed by atoms with van der Waals surface area (Å²) in [5.74, 6) is -1.15. The number of hydrogen-bond donors (Lipinski definition) is 1. The van der Waals surface area contributed by atoms with Gasteiger partial charge >= 0.3 is 0 Å². The predicted octanol–water partition coefficient (Wildman–Crippen LogP) is 2.61. The van der Waals surface area contributed by atoms with Crippen LogP contribution >= 0.6 is 0 Å². The number of aryl methyl sites for hydroxylation is 2. The normalized spacial score (nSPS) is 10.5. The van der Waals surface area contributed by atoms with E-state index in [4.69, 9.17) is 4.42 Å². The Morgan fingerprint density at radius 3 is 2.60 bits per heavy atom. The van der Waals surface area contributed by atoms with Crippen LogP contribution in [0.25, 0.3) is 0 Å². The van der Waals surface area contributed by atoms with Gasteiger partial charge in [-0.15, -0.1) is 0 Å². The van der Waals surface area contributed by atoms with E-state index in [1.165, 1.54) is 19.1 Å². The van der Waals surface area contributed by atoms with Crippen LogP contribution in [0.2, 0.25) is 0 Å². The lowest BCUT2D eigenvalue weighted by atomic mass is 10.0. The maximum absolute atomic E-state index is 12.8. The summed E-state index contributed by atoms with van der Waals surface area (Å²) in [5.41, 5.74) is -0.0630. The summed E-state index contributed by atoms with van der Waals surface area (Å²) >= 11 is 0. The van der Waals surface area contributed by atoms with Crippen LogP contribution in [0.1, 0.15) is 28.1 Å². The van der Waals surface area contributed by atoms with Crippen molar-refractivity contribution >= 4 is 5.78 Å². The smallest absolute Gasteiger partial charge is 0.237 e. The Morgan fingerprint density at radius 2 is 1.95 bits per heavy atom. The van der Waals surface area contributed by atoms with Gasteiger partial charge in [-0.3, -0.25) is 9.59 Å². The van der Waals surface area contributed by atoms with Crippen molar-refractivity contribution in [2.45, 2.75) is 19.8 Å². The van der Waals surface area contributed by atoms with E-state index >= 15 is 0 Å². The fourth-order valence-corrected chi connectivity index (χ4v) is 1.90. The molecule has 0 unspecified atom stereocenters. The molecule has 0 spiro atoms. The number of carbonyl (C=O) groups is 1. The number of halogens is 1. The van der Waals surface area contributed by atoms with Crippen molar-refractivity contribution in [2.24, 2.45) is 0 Å². The Morgan fingerprint density at radius 1 is 1.30 bits per heavy atom. The molecule has 2 rings (SSSR count). The quantitative estimate of drug-likeness (QED) is 0.872. The van der Waals surface area contributed by atoms with Gasteiger partial charge in [-0.25, -0.2) is 4.39 Å². The molecule has 0 saturated heterocycles. The van der Waals surface area contributed by atoms with Crippen LogP contribution in [0.15, 0.2) is 39.7 Å².